The molecule has 2 heterocycles. The van der Waals surface area contributed by atoms with Crippen LogP contribution < -0.4 is 5.32 Å². The van der Waals surface area contributed by atoms with E-state index in [-0.39, 0.29) is 18.1 Å². The summed E-state index contributed by atoms with van der Waals surface area (Å²) in [5, 5.41) is 3.00. The zero-order chi connectivity index (χ0) is 13.1. The average molecular weight is 252 g/mol. The molecule has 0 bridgehead atoms. The van der Waals surface area contributed by atoms with E-state index >= 15 is 0 Å². The Morgan fingerprint density at radius 2 is 2.33 bits per heavy atom. The fourth-order valence-electron chi connectivity index (χ4n) is 2.25. The van der Waals surface area contributed by atoms with E-state index < -0.39 is 0 Å². The molecule has 1 aliphatic rings. The van der Waals surface area contributed by atoms with Crippen molar-refractivity contribution in [2.75, 3.05) is 20.2 Å². The SMILES string of the molecule is CO[C@@H]1CN(C(C)C)C[C@H]1NC(=O)c1ccoc1. The van der Waals surface area contributed by atoms with Crippen LogP contribution >= 0.6 is 0 Å². The Hall–Kier alpha value is -1.33. The first-order chi connectivity index (χ1) is 8.61. The van der Waals surface area contributed by atoms with Gasteiger partial charge in [0.15, 0.2) is 0 Å². The highest BCUT2D eigenvalue weighted by Gasteiger charge is 2.35. The summed E-state index contributed by atoms with van der Waals surface area (Å²) < 4.78 is 10.4. The molecule has 0 aliphatic carbocycles. The molecule has 1 amide bonds. The van der Waals surface area contributed by atoms with Crippen LogP contribution in [-0.4, -0.2) is 49.2 Å². The molecule has 5 nitrogen and oxygen atoms in total. The first kappa shape index (κ1) is 13.1. The summed E-state index contributed by atoms with van der Waals surface area (Å²) in [6.07, 6.45) is 2.99. The number of nitrogens with zero attached hydrogens (tertiary/aromatic N) is 1. The summed E-state index contributed by atoms with van der Waals surface area (Å²) in [6.45, 7) is 5.96. The van der Waals surface area contributed by atoms with Crippen LogP contribution in [0.2, 0.25) is 0 Å². The Kier molecular flexibility index (Phi) is 4.04. The highest BCUT2D eigenvalue weighted by atomic mass is 16.5. The second-order valence-electron chi connectivity index (χ2n) is 4.91. The normalized spacial score (nSPS) is 24.7. The van der Waals surface area contributed by atoms with E-state index in [0.29, 0.717) is 11.6 Å². The first-order valence-corrected chi connectivity index (χ1v) is 6.21. The molecule has 0 unspecified atom stereocenters. The van der Waals surface area contributed by atoms with Gasteiger partial charge in [-0.25, -0.2) is 0 Å². The largest absolute Gasteiger partial charge is 0.472 e. The predicted molar refractivity (Wildman–Crippen MR) is 67.5 cm³/mol. The highest BCUT2D eigenvalue weighted by molar-refractivity contribution is 5.94. The number of ether oxygens (including phenoxy) is 1. The summed E-state index contributed by atoms with van der Waals surface area (Å²) in [6, 6.07) is 2.14. The van der Waals surface area contributed by atoms with Crippen LogP contribution in [0.15, 0.2) is 23.0 Å². The number of likely N-dealkylation sites (tertiary alicyclic amines) is 1. The molecule has 1 fully saturated rings. The van der Waals surface area contributed by atoms with Crippen molar-refractivity contribution in [3.63, 3.8) is 0 Å². The van der Waals surface area contributed by atoms with Crippen LogP contribution in [0, 0.1) is 0 Å². The van der Waals surface area contributed by atoms with Crippen LogP contribution in [-0.2, 0) is 4.74 Å². The van der Waals surface area contributed by atoms with Gasteiger partial charge in [-0.05, 0) is 19.9 Å². The van der Waals surface area contributed by atoms with Gasteiger partial charge in [-0.2, -0.15) is 0 Å². The van der Waals surface area contributed by atoms with Crippen molar-refractivity contribution < 1.29 is 13.9 Å². The van der Waals surface area contributed by atoms with Crippen LogP contribution in [0.4, 0.5) is 0 Å². The van der Waals surface area contributed by atoms with Gasteiger partial charge in [-0.3, -0.25) is 9.69 Å². The van der Waals surface area contributed by atoms with Crippen molar-refractivity contribution in [3.8, 4) is 0 Å². The monoisotopic (exact) mass is 252 g/mol. The molecule has 18 heavy (non-hydrogen) atoms. The Labute approximate surface area is 107 Å². The number of amides is 1. The molecule has 1 aliphatic heterocycles. The zero-order valence-electron chi connectivity index (χ0n) is 11.1. The Morgan fingerprint density at radius 1 is 1.56 bits per heavy atom. The van der Waals surface area contributed by atoms with Gasteiger partial charge >= 0.3 is 0 Å². The van der Waals surface area contributed by atoms with Crippen LogP contribution in [0.5, 0.6) is 0 Å². The number of rotatable bonds is 4. The maximum Gasteiger partial charge on any atom is 0.254 e. The van der Waals surface area contributed by atoms with Gasteiger partial charge in [0, 0.05) is 26.2 Å². The van der Waals surface area contributed by atoms with E-state index in [0.717, 1.165) is 13.1 Å². The average Bonchev–Trinajstić information content (AvgIpc) is 2.97. The Bertz CT molecular complexity index is 389. The lowest BCUT2D eigenvalue weighted by Crippen LogP contribution is -2.43. The van der Waals surface area contributed by atoms with E-state index in [1.165, 1.54) is 12.5 Å². The van der Waals surface area contributed by atoms with Crippen molar-refractivity contribution >= 4 is 5.91 Å². The summed E-state index contributed by atoms with van der Waals surface area (Å²) in [4.78, 5) is 14.3. The molecule has 0 saturated carbocycles. The van der Waals surface area contributed by atoms with Gasteiger partial charge in [0.2, 0.25) is 0 Å². The third-order valence-electron chi connectivity index (χ3n) is 3.43. The number of hydrogen-bond acceptors (Lipinski definition) is 4. The number of furan rings is 1. The van der Waals surface area contributed by atoms with Gasteiger partial charge in [-0.15, -0.1) is 0 Å². The number of carbonyl (C=O) groups excluding carboxylic acids is 1. The third kappa shape index (κ3) is 2.73. The van der Waals surface area contributed by atoms with Crippen molar-refractivity contribution in [2.45, 2.75) is 32.0 Å². The van der Waals surface area contributed by atoms with E-state index in [9.17, 15) is 4.79 Å². The molecule has 2 rings (SSSR count). The fourth-order valence-corrected chi connectivity index (χ4v) is 2.25. The second kappa shape index (κ2) is 5.54. The molecule has 2 atom stereocenters. The molecular weight excluding hydrogens is 232 g/mol. The number of hydrogen-bond donors (Lipinski definition) is 1. The smallest absolute Gasteiger partial charge is 0.254 e. The lowest BCUT2D eigenvalue weighted by atomic mass is 10.2. The van der Waals surface area contributed by atoms with E-state index in [2.05, 4.69) is 24.1 Å². The maximum absolute atomic E-state index is 12.0. The molecule has 0 aromatic carbocycles. The quantitative estimate of drug-likeness (QED) is 0.872. The van der Waals surface area contributed by atoms with Gasteiger partial charge < -0.3 is 14.5 Å². The first-order valence-electron chi connectivity index (χ1n) is 6.21. The highest BCUT2D eigenvalue weighted by Crippen LogP contribution is 2.16. The fraction of sp³-hybridized carbons (Fsp3) is 0.615. The van der Waals surface area contributed by atoms with Crippen LogP contribution in [0.1, 0.15) is 24.2 Å². The molecule has 0 spiro atoms. The topological polar surface area (TPSA) is 54.7 Å². The summed E-state index contributed by atoms with van der Waals surface area (Å²) >= 11 is 0. The molecular formula is C13H20N2O3. The molecule has 1 aromatic rings. The molecule has 1 aromatic heterocycles. The Balaban J connectivity index is 1.98. The number of methoxy groups -OCH3 is 1. The summed E-state index contributed by atoms with van der Waals surface area (Å²) in [7, 11) is 1.69. The summed E-state index contributed by atoms with van der Waals surface area (Å²) in [5.74, 6) is -0.110. The number of carbonyl (C=O) groups is 1. The van der Waals surface area contributed by atoms with E-state index in [1.807, 2.05) is 0 Å². The van der Waals surface area contributed by atoms with Crippen molar-refractivity contribution in [3.05, 3.63) is 24.2 Å². The maximum atomic E-state index is 12.0. The molecule has 100 valence electrons. The minimum Gasteiger partial charge on any atom is -0.472 e. The van der Waals surface area contributed by atoms with Crippen molar-refractivity contribution in [2.24, 2.45) is 0 Å². The zero-order valence-corrected chi connectivity index (χ0v) is 11.1. The van der Waals surface area contributed by atoms with Crippen molar-refractivity contribution in [1.29, 1.82) is 0 Å². The Morgan fingerprint density at radius 3 is 2.89 bits per heavy atom. The van der Waals surface area contributed by atoms with Gasteiger partial charge in [0.25, 0.3) is 5.91 Å². The van der Waals surface area contributed by atoms with Crippen molar-refractivity contribution in [1.82, 2.24) is 10.2 Å². The van der Waals surface area contributed by atoms with Gasteiger partial charge in [0.1, 0.15) is 6.26 Å². The lowest BCUT2D eigenvalue weighted by molar-refractivity contribution is 0.0753. The van der Waals surface area contributed by atoms with Crippen LogP contribution in [0.3, 0.4) is 0 Å². The predicted octanol–water partition coefficient (Wildman–Crippen LogP) is 1.12. The minimum atomic E-state index is -0.110. The van der Waals surface area contributed by atoms with Gasteiger partial charge in [-0.1, -0.05) is 0 Å². The van der Waals surface area contributed by atoms with E-state index in [1.54, 1.807) is 13.2 Å². The standard InChI is InChI=1S/C13H20N2O3/c1-9(2)15-6-11(12(7-15)17-3)14-13(16)10-4-5-18-8-10/h4-5,8-9,11-12H,6-7H2,1-3H3,(H,14,16)/t11-,12-/m1/s1. The second-order valence-corrected chi connectivity index (χ2v) is 4.91. The molecule has 0 radical (unpaired) electrons. The molecule has 1 N–H and O–H groups in total. The van der Waals surface area contributed by atoms with E-state index in [4.69, 9.17) is 9.15 Å². The van der Waals surface area contributed by atoms with Crippen LogP contribution in [0.25, 0.3) is 0 Å². The minimum absolute atomic E-state index is 0.0276. The summed E-state index contributed by atoms with van der Waals surface area (Å²) in [5.41, 5.74) is 0.549. The number of nitrogens with one attached hydrogen (secondary N) is 1. The lowest BCUT2D eigenvalue weighted by Gasteiger charge is -2.19. The molecule has 5 heteroatoms. The van der Waals surface area contributed by atoms with Gasteiger partial charge in [0.05, 0.1) is 24.0 Å². The molecule has 1 saturated heterocycles. The third-order valence-corrected chi connectivity index (χ3v) is 3.43.